The number of benzene rings is 7. The van der Waals surface area contributed by atoms with Crippen molar-refractivity contribution in [3.8, 4) is 39.9 Å². The molecule has 7 aromatic carbocycles. The van der Waals surface area contributed by atoms with Crippen molar-refractivity contribution >= 4 is 65.7 Å². The lowest BCUT2D eigenvalue weighted by Gasteiger charge is -2.11. The molecule has 0 aliphatic carbocycles. The highest BCUT2D eigenvalue weighted by Gasteiger charge is 2.21. The van der Waals surface area contributed by atoms with Crippen LogP contribution in [0.3, 0.4) is 0 Å². The molecule has 0 bridgehead atoms. The fourth-order valence-electron chi connectivity index (χ4n) is 7.03. The Morgan fingerprint density at radius 2 is 1.14 bits per heavy atom. The Morgan fingerprint density at radius 1 is 0.451 bits per heavy atom. The van der Waals surface area contributed by atoms with Gasteiger partial charge in [-0.2, -0.15) is 9.97 Å². The summed E-state index contributed by atoms with van der Waals surface area (Å²) in [5.41, 5.74) is 4.38. The van der Waals surface area contributed by atoms with Gasteiger partial charge in [-0.15, -0.1) is 0 Å². The zero-order chi connectivity index (χ0) is 42.2. The molecular formula is C45H26N4O2. The number of hydrogen-bond donors (Lipinski definition) is 0. The number of nitrogens with zero attached hydrogens (tertiary/aromatic N) is 4. The summed E-state index contributed by atoms with van der Waals surface area (Å²) in [7, 11) is 0. The maximum Gasteiger partial charge on any atom is 0.238 e. The first-order chi connectivity index (χ1) is 29.4. The molecule has 0 spiro atoms. The molecule has 0 unspecified atom stereocenters. The second-order valence-electron chi connectivity index (χ2n) is 12.1. The van der Waals surface area contributed by atoms with E-state index in [0.29, 0.717) is 38.6 Å². The Balaban J connectivity index is 1.19. The molecule has 0 N–H and O–H groups in total. The molecule has 11 aromatic rings. The minimum atomic E-state index is -0.551. The van der Waals surface area contributed by atoms with Crippen LogP contribution in [-0.4, -0.2) is 19.5 Å². The third-order valence-electron chi connectivity index (χ3n) is 9.24. The fraction of sp³-hybridized carbons (Fsp3) is 0. The van der Waals surface area contributed by atoms with Crippen molar-refractivity contribution in [2.24, 2.45) is 0 Å². The molecule has 4 aromatic heterocycles. The SMILES string of the molecule is [2H]c1c([2H])c([2H])c(-c2nc(-c3ccc4c(c3)oc3cccc(-c5c([2H])c([2H])c([2H])c([2H])c5[2H])c34)nc(-n3c4ccccc4c4cc5oc6ccccc6c5cc43)n2)c([2H])c1[2H]. The van der Waals surface area contributed by atoms with Gasteiger partial charge in [0.2, 0.25) is 5.95 Å². The molecule has 0 saturated heterocycles. The lowest BCUT2D eigenvalue weighted by molar-refractivity contribution is 0.669. The summed E-state index contributed by atoms with van der Waals surface area (Å²) in [5, 5.41) is 4.66. The summed E-state index contributed by atoms with van der Waals surface area (Å²) in [6.07, 6.45) is 0. The first-order valence-electron chi connectivity index (χ1n) is 21.1. The van der Waals surface area contributed by atoms with Crippen LogP contribution in [0.1, 0.15) is 13.7 Å². The van der Waals surface area contributed by atoms with Crippen LogP contribution in [0.4, 0.5) is 0 Å². The Labute approximate surface area is 304 Å². The lowest BCUT2D eigenvalue weighted by atomic mass is 9.99. The predicted octanol–water partition coefficient (Wildman–Crippen LogP) is 11.8. The van der Waals surface area contributed by atoms with E-state index in [9.17, 15) is 0 Å². The van der Waals surface area contributed by atoms with Crippen molar-refractivity contribution in [2.45, 2.75) is 0 Å². The Morgan fingerprint density at radius 3 is 1.98 bits per heavy atom. The van der Waals surface area contributed by atoms with E-state index in [1.807, 2.05) is 65.2 Å². The van der Waals surface area contributed by atoms with Gasteiger partial charge in [-0.05, 0) is 53.6 Å². The average Bonchev–Trinajstić information content (AvgIpc) is 3.94. The second-order valence-corrected chi connectivity index (χ2v) is 12.1. The largest absolute Gasteiger partial charge is 0.456 e. The molecular weight excluding hydrogens is 629 g/mol. The minimum absolute atomic E-state index is 0.0422. The highest BCUT2D eigenvalue weighted by Crippen LogP contribution is 2.40. The van der Waals surface area contributed by atoms with Crippen LogP contribution in [0.25, 0.3) is 106 Å². The second kappa shape index (κ2) is 10.7. The molecule has 238 valence electrons. The van der Waals surface area contributed by atoms with Gasteiger partial charge in [-0.1, -0.05) is 115 Å². The molecule has 0 aliphatic heterocycles. The summed E-state index contributed by atoms with van der Waals surface area (Å²) in [6, 6.07) is 25.2. The van der Waals surface area contributed by atoms with Gasteiger partial charge in [0.25, 0.3) is 0 Å². The van der Waals surface area contributed by atoms with E-state index in [-0.39, 0.29) is 40.8 Å². The van der Waals surface area contributed by atoms with E-state index < -0.39 is 48.3 Å². The lowest BCUT2D eigenvalue weighted by Crippen LogP contribution is -2.06. The van der Waals surface area contributed by atoms with E-state index in [2.05, 4.69) is 0 Å². The third-order valence-corrected chi connectivity index (χ3v) is 9.24. The highest BCUT2D eigenvalue weighted by molar-refractivity contribution is 6.17. The summed E-state index contributed by atoms with van der Waals surface area (Å²) in [6.45, 7) is 0. The van der Waals surface area contributed by atoms with Crippen LogP contribution in [-0.2, 0) is 0 Å². The molecule has 11 rings (SSSR count). The highest BCUT2D eigenvalue weighted by atomic mass is 16.3. The quantitative estimate of drug-likeness (QED) is 0.187. The number of furan rings is 2. The summed E-state index contributed by atoms with van der Waals surface area (Å²) >= 11 is 0. The van der Waals surface area contributed by atoms with Crippen molar-refractivity contribution in [1.29, 1.82) is 0 Å². The van der Waals surface area contributed by atoms with E-state index in [1.54, 1.807) is 36.4 Å². The van der Waals surface area contributed by atoms with Crippen molar-refractivity contribution in [2.75, 3.05) is 0 Å². The molecule has 0 fully saturated rings. The van der Waals surface area contributed by atoms with Crippen molar-refractivity contribution in [1.82, 2.24) is 19.5 Å². The van der Waals surface area contributed by atoms with Gasteiger partial charge in [-0.3, -0.25) is 4.57 Å². The summed E-state index contributed by atoms with van der Waals surface area (Å²) in [4.78, 5) is 14.6. The van der Waals surface area contributed by atoms with Crippen LogP contribution in [0.2, 0.25) is 0 Å². The third kappa shape index (κ3) is 4.26. The molecule has 4 heterocycles. The van der Waals surface area contributed by atoms with Crippen LogP contribution < -0.4 is 0 Å². The van der Waals surface area contributed by atoms with Gasteiger partial charge in [-0.25, -0.2) is 4.98 Å². The maximum absolute atomic E-state index is 8.87. The molecule has 0 radical (unpaired) electrons. The van der Waals surface area contributed by atoms with Gasteiger partial charge >= 0.3 is 0 Å². The minimum Gasteiger partial charge on any atom is -0.456 e. The van der Waals surface area contributed by atoms with Crippen LogP contribution in [0.5, 0.6) is 0 Å². The smallest absolute Gasteiger partial charge is 0.238 e. The number of fused-ring (bicyclic) bond motifs is 9. The van der Waals surface area contributed by atoms with E-state index in [0.717, 1.165) is 38.2 Å². The standard InChI is InChI=1S/C45H26N4O2/c1-3-12-27(13-4-1)30-18-11-21-39-42(30)33-23-22-29(24-40(33)51-39)44-46-43(28-14-5-2-6-15-28)47-45(48-44)49-36-19-9-7-16-31(36)34-26-41-35(25-37(34)49)32-17-8-10-20-38(32)50-41/h1-26H/i1D,2D,3D,4D,5D,6D,12D,13D,14D,15D. The Bertz CT molecular complexity index is 3690. The Kier molecular flexibility index (Phi) is 4.17. The van der Waals surface area contributed by atoms with Gasteiger partial charge in [0, 0.05) is 43.4 Å². The molecule has 0 saturated carbocycles. The van der Waals surface area contributed by atoms with Gasteiger partial charge < -0.3 is 8.83 Å². The van der Waals surface area contributed by atoms with Gasteiger partial charge in [0.05, 0.1) is 24.7 Å². The first kappa shape index (κ1) is 19.8. The van der Waals surface area contributed by atoms with Crippen molar-refractivity contribution in [3.63, 3.8) is 0 Å². The molecule has 6 nitrogen and oxygen atoms in total. The predicted molar refractivity (Wildman–Crippen MR) is 205 cm³/mol. The first-order valence-corrected chi connectivity index (χ1v) is 16.1. The molecule has 0 atom stereocenters. The summed E-state index contributed by atoms with van der Waals surface area (Å²) in [5.74, 6) is 0.0880. The number of para-hydroxylation sites is 2. The monoisotopic (exact) mass is 664 g/mol. The number of rotatable bonds is 4. The van der Waals surface area contributed by atoms with Crippen LogP contribution in [0.15, 0.2) is 166 Å². The number of hydrogen-bond acceptors (Lipinski definition) is 5. The normalized spacial score (nSPS) is 14.7. The van der Waals surface area contributed by atoms with Crippen LogP contribution in [0, 0.1) is 0 Å². The van der Waals surface area contributed by atoms with Crippen molar-refractivity contribution in [3.05, 3.63) is 157 Å². The topological polar surface area (TPSA) is 69.9 Å². The zero-order valence-electron chi connectivity index (χ0n) is 36.3. The van der Waals surface area contributed by atoms with Crippen LogP contribution >= 0.6 is 0 Å². The molecule has 0 aliphatic rings. The van der Waals surface area contributed by atoms with E-state index in [1.165, 1.54) is 0 Å². The maximum atomic E-state index is 8.87. The molecule has 6 heteroatoms. The summed E-state index contributed by atoms with van der Waals surface area (Å²) < 4.78 is 99.4. The molecule has 0 amide bonds. The van der Waals surface area contributed by atoms with Crippen molar-refractivity contribution < 1.29 is 22.5 Å². The molecule has 51 heavy (non-hydrogen) atoms. The van der Waals surface area contributed by atoms with E-state index >= 15 is 0 Å². The van der Waals surface area contributed by atoms with E-state index in [4.69, 9.17) is 37.5 Å². The fourth-order valence-corrected chi connectivity index (χ4v) is 7.03. The Hall–Kier alpha value is -7.05. The average molecular weight is 665 g/mol. The van der Waals surface area contributed by atoms with Gasteiger partial charge in [0.15, 0.2) is 11.6 Å². The van der Waals surface area contributed by atoms with Gasteiger partial charge in [0.1, 0.15) is 22.3 Å². The zero-order valence-corrected chi connectivity index (χ0v) is 26.3. The number of aromatic nitrogens is 4.